The van der Waals surface area contributed by atoms with Crippen molar-refractivity contribution in [1.82, 2.24) is 0 Å². The molecule has 0 N–H and O–H groups in total. The second-order valence-corrected chi connectivity index (χ2v) is 28.6. The van der Waals surface area contributed by atoms with Gasteiger partial charge in [0, 0.05) is 0 Å². The van der Waals surface area contributed by atoms with Gasteiger partial charge in [0.2, 0.25) is 0 Å². The average Bonchev–Trinajstić information content (AvgIpc) is 4.08. The van der Waals surface area contributed by atoms with Gasteiger partial charge in [0.25, 0.3) is 0 Å². The molecule has 16 rings (SSSR count). The summed E-state index contributed by atoms with van der Waals surface area (Å²) in [5, 5.41) is 21.5. The van der Waals surface area contributed by atoms with Crippen LogP contribution in [0.25, 0.3) is 98.7 Å². The molecule has 2 aliphatic rings. The summed E-state index contributed by atoms with van der Waals surface area (Å²) in [5.74, 6) is 0. The number of rotatable bonds is 7. The van der Waals surface area contributed by atoms with E-state index in [0.29, 0.717) is 0 Å². The van der Waals surface area contributed by atoms with Crippen LogP contribution in [-0.2, 0) is 0 Å². The van der Waals surface area contributed by atoms with Gasteiger partial charge in [-0.25, -0.2) is 0 Å². The smallest absolute Gasteiger partial charge is 0.0623 e. The molecule has 0 radical (unpaired) electrons. The first-order chi connectivity index (χ1) is 38.7. The van der Waals surface area contributed by atoms with Crippen LogP contribution in [-0.4, -0.2) is 16.1 Å². The standard InChI is InChI=1S/C76H50Si2/c1-5-26-52(27-6-1)77(53-28-7-2-8-29-53)72-47-19-17-37-61(72)67-45-23-43-65(75(67)77)59-39-21-41-63-69(59)50-70-60(40-22-42-64(70)74(63)71-49-51-25-13-14-34-56(51)57-35-15-16-36-58(57)71)66-44-24-46-68-62-38-18-20-48-73(62)78(76(66)68,54-30-9-3-10-31-54)55-32-11-4-12-33-55/h1-50H. The molecular formula is C76H50Si2. The normalized spacial score (nSPS) is 13.6. The van der Waals surface area contributed by atoms with Gasteiger partial charge in [0.05, 0.1) is 0 Å². The molecule has 78 heavy (non-hydrogen) atoms. The van der Waals surface area contributed by atoms with E-state index in [1.807, 2.05) is 0 Å². The maximum absolute atomic E-state index is 2.92. The van der Waals surface area contributed by atoms with Crippen molar-refractivity contribution in [2.24, 2.45) is 0 Å². The van der Waals surface area contributed by atoms with Crippen molar-refractivity contribution in [1.29, 1.82) is 0 Å². The highest BCUT2D eigenvalue weighted by Crippen LogP contribution is 2.47. The summed E-state index contributed by atoms with van der Waals surface area (Å²) in [6, 6.07) is 116. The minimum atomic E-state index is -2.92. The van der Waals surface area contributed by atoms with Crippen LogP contribution in [0, 0.1) is 0 Å². The Labute approximate surface area is 456 Å². The fraction of sp³-hybridized carbons (Fsp3) is 0. The molecule has 0 saturated heterocycles. The lowest BCUT2D eigenvalue weighted by molar-refractivity contribution is 1.65. The summed E-state index contributed by atoms with van der Waals surface area (Å²) in [5.41, 5.74) is 13.0. The Morgan fingerprint density at radius 2 is 0.500 bits per heavy atom. The summed E-state index contributed by atoms with van der Waals surface area (Å²) in [6.45, 7) is 0. The molecule has 0 aliphatic carbocycles. The van der Waals surface area contributed by atoms with Gasteiger partial charge >= 0.3 is 0 Å². The van der Waals surface area contributed by atoms with E-state index in [0.717, 1.165) is 0 Å². The lowest BCUT2D eigenvalue weighted by Crippen LogP contribution is -2.73. The van der Waals surface area contributed by atoms with Crippen molar-refractivity contribution in [2.75, 3.05) is 0 Å². The van der Waals surface area contributed by atoms with Crippen LogP contribution < -0.4 is 41.5 Å². The van der Waals surface area contributed by atoms with Crippen molar-refractivity contribution in [2.45, 2.75) is 0 Å². The van der Waals surface area contributed by atoms with Crippen LogP contribution in [0.5, 0.6) is 0 Å². The Bertz CT molecular complexity index is 4400. The number of hydrogen-bond acceptors (Lipinski definition) is 0. The first-order valence-corrected chi connectivity index (χ1v) is 31.3. The largest absolute Gasteiger partial charge is 0.181 e. The first kappa shape index (κ1) is 44.8. The Hall–Kier alpha value is -9.45. The molecule has 0 nitrogen and oxygen atoms in total. The van der Waals surface area contributed by atoms with E-state index in [1.54, 1.807) is 0 Å². The molecule has 0 fully saturated rings. The molecule has 2 heteroatoms. The van der Waals surface area contributed by atoms with Gasteiger partial charge in [-0.15, -0.1) is 0 Å². The summed E-state index contributed by atoms with van der Waals surface area (Å²) >= 11 is 0. The molecule has 0 saturated carbocycles. The van der Waals surface area contributed by atoms with Gasteiger partial charge in [0.15, 0.2) is 16.1 Å². The second-order valence-electron chi connectivity index (χ2n) is 21.3. The van der Waals surface area contributed by atoms with Crippen LogP contribution >= 0.6 is 0 Å². The van der Waals surface area contributed by atoms with Crippen LogP contribution in [0.3, 0.4) is 0 Å². The second kappa shape index (κ2) is 17.6. The Morgan fingerprint density at radius 3 is 0.962 bits per heavy atom. The molecule has 14 aromatic carbocycles. The topological polar surface area (TPSA) is 0 Å². The summed E-state index contributed by atoms with van der Waals surface area (Å²) in [4.78, 5) is 0. The van der Waals surface area contributed by atoms with Crippen molar-refractivity contribution in [3.05, 3.63) is 303 Å². The molecule has 14 aromatic rings. The zero-order valence-electron chi connectivity index (χ0n) is 42.9. The molecule has 0 spiro atoms. The highest BCUT2D eigenvalue weighted by molar-refractivity contribution is 7.23. The van der Waals surface area contributed by atoms with E-state index in [-0.39, 0.29) is 0 Å². The highest BCUT2D eigenvalue weighted by Gasteiger charge is 2.51. The third-order valence-electron chi connectivity index (χ3n) is 17.6. The Balaban J connectivity index is 1.07. The maximum Gasteiger partial charge on any atom is 0.181 e. The van der Waals surface area contributed by atoms with Crippen molar-refractivity contribution >= 4 is 101 Å². The third-order valence-corrected chi connectivity index (χ3v) is 27.5. The molecule has 2 aliphatic heterocycles. The van der Waals surface area contributed by atoms with E-state index in [9.17, 15) is 0 Å². The fourth-order valence-corrected chi connectivity index (χ4v) is 25.4. The van der Waals surface area contributed by atoms with E-state index in [4.69, 9.17) is 0 Å². The number of fused-ring (bicyclic) bond motifs is 11. The number of hydrogen-bond donors (Lipinski definition) is 0. The van der Waals surface area contributed by atoms with Crippen LogP contribution in [0.2, 0.25) is 0 Å². The molecule has 2 heterocycles. The van der Waals surface area contributed by atoms with Crippen molar-refractivity contribution < 1.29 is 0 Å². The Kier molecular flexibility index (Phi) is 10.1. The van der Waals surface area contributed by atoms with Gasteiger partial charge in [-0.3, -0.25) is 0 Å². The lowest BCUT2D eigenvalue weighted by Gasteiger charge is -2.33. The highest BCUT2D eigenvalue weighted by atomic mass is 28.3. The van der Waals surface area contributed by atoms with Crippen molar-refractivity contribution in [3.8, 4) is 55.6 Å². The number of benzene rings is 14. The average molecular weight is 1020 g/mol. The third kappa shape index (κ3) is 6.21. The maximum atomic E-state index is 2.59. The minimum Gasteiger partial charge on any atom is -0.0623 e. The van der Waals surface area contributed by atoms with E-state index >= 15 is 0 Å². The van der Waals surface area contributed by atoms with Gasteiger partial charge < -0.3 is 0 Å². The summed E-state index contributed by atoms with van der Waals surface area (Å²) < 4.78 is 0. The quantitative estimate of drug-likeness (QED) is 0.0848. The SMILES string of the molecule is c1ccc([Si]2(c3ccccc3)c3ccccc3-c3cccc(-c4cccc5c(-c6cc7ccccc7c7ccccc67)c6cccc(-c7cccc8c7[Si](c7ccccc7)(c7ccccc7)c7ccccc7-8)c6cc45)c32)cc1. The fourth-order valence-electron chi connectivity index (χ4n) is 14.6. The molecule has 0 bridgehead atoms. The molecule has 0 aromatic heterocycles. The van der Waals surface area contributed by atoms with Crippen LogP contribution in [0.4, 0.5) is 0 Å². The molecular weight excluding hydrogens is 969 g/mol. The van der Waals surface area contributed by atoms with Gasteiger partial charge in [-0.05, 0) is 152 Å². The van der Waals surface area contributed by atoms with E-state index < -0.39 is 16.1 Å². The zero-order chi connectivity index (χ0) is 51.4. The predicted octanol–water partition coefficient (Wildman–Crippen LogP) is 14.0. The van der Waals surface area contributed by atoms with Crippen LogP contribution in [0.1, 0.15) is 0 Å². The molecule has 0 unspecified atom stereocenters. The zero-order valence-corrected chi connectivity index (χ0v) is 44.9. The minimum absolute atomic E-state index is 1.24. The van der Waals surface area contributed by atoms with Gasteiger partial charge in [0.1, 0.15) is 0 Å². The first-order valence-electron chi connectivity index (χ1n) is 27.3. The lowest BCUT2D eigenvalue weighted by atomic mass is 9.83. The molecule has 362 valence electrons. The van der Waals surface area contributed by atoms with Crippen LogP contribution in [0.15, 0.2) is 303 Å². The van der Waals surface area contributed by atoms with E-state index in [2.05, 4.69) is 303 Å². The summed E-state index contributed by atoms with van der Waals surface area (Å²) in [6.07, 6.45) is 0. The predicted molar refractivity (Wildman–Crippen MR) is 338 cm³/mol. The van der Waals surface area contributed by atoms with Gasteiger partial charge in [-0.1, -0.05) is 291 Å². The molecule has 0 amide bonds. The summed E-state index contributed by atoms with van der Waals surface area (Å²) in [7, 11) is -5.84. The van der Waals surface area contributed by atoms with Crippen molar-refractivity contribution in [3.63, 3.8) is 0 Å². The van der Waals surface area contributed by atoms with E-state index in [1.165, 1.54) is 140 Å². The molecule has 0 atom stereocenters. The van der Waals surface area contributed by atoms with Gasteiger partial charge in [-0.2, -0.15) is 0 Å². The monoisotopic (exact) mass is 1020 g/mol. The Morgan fingerprint density at radius 1 is 0.179 bits per heavy atom.